The molecule has 0 spiro atoms. The largest absolute Gasteiger partial charge is 0.385 e. The highest BCUT2D eigenvalue weighted by Gasteiger charge is 2.23. The van der Waals surface area contributed by atoms with Crippen molar-refractivity contribution in [1.82, 2.24) is 24.8 Å². The van der Waals surface area contributed by atoms with Crippen molar-refractivity contribution < 1.29 is 4.39 Å². The molecule has 5 rings (SSSR count). The molecule has 1 aromatic carbocycles. The zero-order chi connectivity index (χ0) is 23.7. The molecule has 9 heteroatoms. The van der Waals surface area contributed by atoms with Crippen LogP contribution in [0.3, 0.4) is 0 Å². The first kappa shape index (κ1) is 22.8. The van der Waals surface area contributed by atoms with Crippen molar-refractivity contribution in [3.8, 4) is 0 Å². The van der Waals surface area contributed by atoms with Gasteiger partial charge in [-0.2, -0.15) is 14.4 Å². The smallest absolute Gasteiger partial charge is 0.312 e. The van der Waals surface area contributed by atoms with E-state index in [0.29, 0.717) is 30.0 Å². The number of halogens is 1. The highest BCUT2D eigenvalue weighted by molar-refractivity contribution is 5.82. The van der Waals surface area contributed by atoms with Gasteiger partial charge < -0.3 is 25.8 Å². The Labute approximate surface area is 200 Å². The summed E-state index contributed by atoms with van der Waals surface area (Å²) in [5, 5.41) is 7.05. The number of anilines is 3. The second-order valence-corrected chi connectivity index (χ2v) is 9.87. The maximum atomic E-state index is 14.1. The number of aromatic nitrogens is 4. The van der Waals surface area contributed by atoms with Crippen LogP contribution in [0.15, 0.2) is 12.1 Å². The molecule has 2 aromatic heterocycles. The summed E-state index contributed by atoms with van der Waals surface area (Å²) in [4.78, 5) is 15.1. The zero-order valence-corrected chi connectivity index (χ0v) is 20.2. The van der Waals surface area contributed by atoms with E-state index in [0.717, 1.165) is 51.4 Å². The summed E-state index contributed by atoms with van der Waals surface area (Å²) in [6.45, 7) is 9.84. The molecule has 0 saturated carbocycles. The maximum Gasteiger partial charge on any atom is 0.312 e. The van der Waals surface area contributed by atoms with E-state index in [1.54, 1.807) is 0 Å². The Kier molecular flexibility index (Phi) is 6.54. The van der Waals surface area contributed by atoms with E-state index in [4.69, 9.17) is 10.7 Å². The maximum absolute atomic E-state index is 14.1. The number of rotatable bonds is 8. The quantitative estimate of drug-likeness (QED) is 0.346. The Morgan fingerprint density at radius 1 is 1.15 bits per heavy atom. The lowest BCUT2D eigenvalue weighted by Gasteiger charge is -2.26. The molecule has 4 heterocycles. The van der Waals surface area contributed by atoms with Crippen molar-refractivity contribution in [2.75, 3.05) is 48.7 Å². The third-order valence-corrected chi connectivity index (χ3v) is 6.78. The van der Waals surface area contributed by atoms with E-state index < -0.39 is 6.08 Å². The van der Waals surface area contributed by atoms with E-state index >= 15 is 0 Å². The second-order valence-electron chi connectivity index (χ2n) is 9.87. The molecule has 1 saturated heterocycles. The van der Waals surface area contributed by atoms with Crippen LogP contribution >= 0.6 is 0 Å². The lowest BCUT2D eigenvalue weighted by atomic mass is 9.97. The Morgan fingerprint density at radius 3 is 2.76 bits per heavy atom. The monoisotopic (exact) mass is 466 g/mol. The third kappa shape index (κ3) is 4.66. The number of benzene rings is 1. The third-order valence-electron chi connectivity index (χ3n) is 6.78. The molecule has 34 heavy (non-hydrogen) atoms. The van der Waals surface area contributed by atoms with Crippen LogP contribution in [0.5, 0.6) is 0 Å². The number of aryl methyl sites for hydroxylation is 1. The zero-order valence-electron chi connectivity index (χ0n) is 20.2. The molecule has 0 bridgehead atoms. The van der Waals surface area contributed by atoms with Gasteiger partial charge in [-0.3, -0.25) is 0 Å². The fraction of sp³-hybridized carbons (Fsp3) is 0.560. The molecule has 2 aliphatic heterocycles. The fourth-order valence-corrected chi connectivity index (χ4v) is 5.11. The Balaban J connectivity index is 1.54. The van der Waals surface area contributed by atoms with Gasteiger partial charge in [-0.05, 0) is 55.3 Å². The summed E-state index contributed by atoms with van der Waals surface area (Å²) in [6, 6.07) is 4.66. The standard InChI is InChI=1S/C25H35FN8/c1-16(2)15-28-8-11-34-21(30-22-23(27)31-25(26)32-24(22)34)13-18-12-17-6-5-7-29-19(17)14-20(18)33-9-3-4-10-33/h12,14,16,28-29H,3-11,13,15H2,1-2H3,(H2,27,31,32). The van der Waals surface area contributed by atoms with Gasteiger partial charge in [0.05, 0.1) is 0 Å². The van der Waals surface area contributed by atoms with Gasteiger partial charge in [-0.25, -0.2) is 4.98 Å². The van der Waals surface area contributed by atoms with Crippen LogP contribution in [0.1, 0.15) is 50.1 Å². The van der Waals surface area contributed by atoms with Gasteiger partial charge in [0.15, 0.2) is 17.0 Å². The highest BCUT2D eigenvalue weighted by Crippen LogP contribution is 2.35. The van der Waals surface area contributed by atoms with Gasteiger partial charge in [-0.15, -0.1) is 0 Å². The summed E-state index contributed by atoms with van der Waals surface area (Å²) in [7, 11) is 0. The van der Waals surface area contributed by atoms with Gasteiger partial charge >= 0.3 is 6.08 Å². The Morgan fingerprint density at radius 2 is 1.97 bits per heavy atom. The minimum Gasteiger partial charge on any atom is -0.385 e. The van der Waals surface area contributed by atoms with Gasteiger partial charge in [0, 0.05) is 50.5 Å². The highest BCUT2D eigenvalue weighted by atomic mass is 19.1. The molecule has 0 atom stereocenters. The van der Waals surface area contributed by atoms with Crippen LogP contribution < -0.4 is 21.3 Å². The number of nitrogens with one attached hydrogen (secondary N) is 2. The van der Waals surface area contributed by atoms with Crippen LogP contribution in [0.2, 0.25) is 0 Å². The molecule has 0 aliphatic carbocycles. The van der Waals surface area contributed by atoms with E-state index in [9.17, 15) is 4.39 Å². The first-order chi connectivity index (χ1) is 16.5. The molecule has 8 nitrogen and oxygen atoms in total. The van der Waals surface area contributed by atoms with Gasteiger partial charge in [0.1, 0.15) is 5.82 Å². The van der Waals surface area contributed by atoms with Crippen molar-refractivity contribution in [2.24, 2.45) is 5.92 Å². The topological polar surface area (TPSA) is 96.9 Å². The van der Waals surface area contributed by atoms with Crippen molar-refractivity contribution >= 4 is 28.4 Å². The summed E-state index contributed by atoms with van der Waals surface area (Å²) < 4.78 is 16.1. The average Bonchev–Trinajstić information content (AvgIpc) is 3.45. The first-order valence-electron chi connectivity index (χ1n) is 12.5. The van der Waals surface area contributed by atoms with E-state index in [1.807, 2.05) is 4.57 Å². The lowest BCUT2D eigenvalue weighted by molar-refractivity contribution is 0.517. The predicted molar refractivity (Wildman–Crippen MR) is 135 cm³/mol. The van der Waals surface area contributed by atoms with Crippen LogP contribution in [-0.2, 0) is 19.4 Å². The molecular weight excluding hydrogens is 431 g/mol. The minimum absolute atomic E-state index is 0.0899. The SMILES string of the molecule is CC(C)CNCCn1c(Cc2cc3c(cc2N2CCCC2)NCCC3)nc2c(N)nc(F)nc21. The van der Waals surface area contributed by atoms with Gasteiger partial charge in [0.2, 0.25) is 0 Å². The lowest BCUT2D eigenvalue weighted by Crippen LogP contribution is -2.25. The van der Waals surface area contributed by atoms with Gasteiger partial charge in [0.25, 0.3) is 0 Å². The molecule has 4 N–H and O–H groups in total. The number of nitrogen functional groups attached to an aromatic ring is 1. The van der Waals surface area contributed by atoms with E-state index in [1.165, 1.54) is 35.3 Å². The number of imidazole rings is 1. The molecule has 0 amide bonds. The summed E-state index contributed by atoms with van der Waals surface area (Å²) in [5.41, 5.74) is 12.1. The van der Waals surface area contributed by atoms with E-state index in [2.05, 4.69) is 51.5 Å². The summed E-state index contributed by atoms with van der Waals surface area (Å²) >= 11 is 0. The normalized spacial score (nSPS) is 15.8. The Bertz CT molecular complexity index is 1170. The van der Waals surface area contributed by atoms with Crippen LogP contribution in [0.4, 0.5) is 21.6 Å². The first-order valence-corrected chi connectivity index (χ1v) is 12.5. The average molecular weight is 467 g/mol. The number of fused-ring (bicyclic) bond motifs is 2. The molecule has 1 fully saturated rings. The van der Waals surface area contributed by atoms with Crippen molar-refractivity contribution in [1.29, 1.82) is 0 Å². The molecular formula is C25H35FN8. The number of hydrogen-bond acceptors (Lipinski definition) is 7. The van der Waals surface area contributed by atoms with Gasteiger partial charge in [-0.1, -0.05) is 19.9 Å². The van der Waals surface area contributed by atoms with Crippen molar-refractivity contribution in [2.45, 2.75) is 52.5 Å². The summed E-state index contributed by atoms with van der Waals surface area (Å²) in [6.07, 6.45) is 4.48. The van der Waals surface area contributed by atoms with Crippen LogP contribution in [-0.4, -0.2) is 52.2 Å². The van der Waals surface area contributed by atoms with Crippen LogP contribution in [0.25, 0.3) is 11.2 Å². The summed E-state index contributed by atoms with van der Waals surface area (Å²) in [5.74, 6) is 1.49. The van der Waals surface area contributed by atoms with E-state index in [-0.39, 0.29) is 5.82 Å². The molecule has 0 radical (unpaired) electrons. The van der Waals surface area contributed by atoms with Crippen molar-refractivity contribution in [3.05, 3.63) is 35.2 Å². The molecule has 182 valence electrons. The molecule has 3 aromatic rings. The van der Waals surface area contributed by atoms with Crippen molar-refractivity contribution in [3.63, 3.8) is 0 Å². The second kappa shape index (κ2) is 9.74. The number of nitrogens with zero attached hydrogens (tertiary/aromatic N) is 5. The minimum atomic E-state index is -0.814. The number of nitrogens with two attached hydrogens (primary N) is 1. The van der Waals surface area contributed by atoms with Crippen LogP contribution in [0, 0.1) is 12.0 Å². The predicted octanol–water partition coefficient (Wildman–Crippen LogP) is 3.34. The fourth-order valence-electron chi connectivity index (χ4n) is 5.11. The Hall–Kier alpha value is -2.94. The molecule has 0 unspecified atom stereocenters. The molecule has 2 aliphatic rings. The number of hydrogen-bond donors (Lipinski definition) is 3.